The Bertz CT molecular complexity index is 884. The van der Waals surface area contributed by atoms with E-state index in [4.69, 9.17) is 5.14 Å². The fraction of sp³-hybridized carbons (Fsp3) is 0.526. The van der Waals surface area contributed by atoms with Crippen molar-refractivity contribution in [1.29, 1.82) is 0 Å². The Morgan fingerprint density at radius 1 is 1.17 bits per heavy atom. The Balaban J connectivity index is 1.43. The average Bonchev–Trinajstić information content (AvgIpc) is 2.67. The number of nitrogens with zero attached hydrogens (tertiary/aromatic N) is 1. The highest BCUT2D eigenvalue weighted by Gasteiger charge is 2.41. The molecule has 0 aromatic heterocycles. The minimum absolute atomic E-state index is 0.0370. The number of nitrogens with one attached hydrogen (secondary N) is 2. The molecule has 4 amide bonds. The van der Waals surface area contributed by atoms with Crippen LogP contribution < -0.4 is 15.8 Å². The Morgan fingerprint density at radius 3 is 2.55 bits per heavy atom. The number of fused-ring (bicyclic) bond motifs is 1. The zero-order valence-corrected chi connectivity index (χ0v) is 16.9. The summed E-state index contributed by atoms with van der Waals surface area (Å²) in [5, 5.41) is 10.7. The summed E-state index contributed by atoms with van der Waals surface area (Å²) in [5.41, 5.74) is 0.853. The molecule has 1 heterocycles. The van der Waals surface area contributed by atoms with Gasteiger partial charge in [0, 0.05) is 25.6 Å². The van der Waals surface area contributed by atoms with E-state index in [1.54, 1.807) is 12.1 Å². The van der Waals surface area contributed by atoms with Gasteiger partial charge in [-0.05, 0) is 37.0 Å². The Labute approximate surface area is 170 Å². The minimum atomic E-state index is -3.72. The maximum atomic E-state index is 12.6. The van der Waals surface area contributed by atoms with Crippen molar-refractivity contribution < 1.29 is 22.8 Å². The number of hydrogen-bond acceptors (Lipinski definition) is 5. The SMILES string of the molecule is NS(=O)(=O)c1ccc(CCNC(=O)CCN2C(=O)NC3CCCCC3C2=O)cc1. The molecule has 9 nitrogen and oxygen atoms in total. The van der Waals surface area contributed by atoms with Crippen LogP contribution in [-0.4, -0.2) is 50.3 Å². The smallest absolute Gasteiger partial charge is 0.324 e. The lowest BCUT2D eigenvalue weighted by Crippen LogP contribution is -2.61. The van der Waals surface area contributed by atoms with Gasteiger partial charge in [-0.25, -0.2) is 18.4 Å². The zero-order chi connectivity index (χ0) is 21.0. The van der Waals surface area contributed by atoms with Crippen molar-refractivity contribution in [3.63, 3.8) is 0 Å². The largest absolute Gasteiger partial charge is 0.356 e. The summed E-state index contributed by atoms with van der Waals surface area (Å²) in [6, 6.07) is 5.64. The molecule has 2 atom stereocenters. The molecule has 0 spiro atoms. The number of carbonyl (C=O) groups is 3. The molecule has 4 N–H and O–H groups in total. The van der Waals surface area contributed by atoms with Crippen LogP contribution in [0.15, 0.2) is 29.2 Å². The molecule has 1 saturated carbocycles. The van der Waals surface area contributed by atoms with Gasteiger partial charge in [0.2, 0.25) is 21.8 Å². The van der Waals surface area contributed by atoms with Gasteiger partial charge in [0.15, 0.2) is 0 Å². The van der Waals surface area contributed by atoms with Crippen LogP contribution in [0.5, 0.6) is 0 Å². The fourth-order valence-corrected chi connectivity index (χ4v) is 4.36. The van der Waals surface area contributed by atoms with Crippen LogP contribution >= 0.6 is 0 Å². The molecule has 1 aromatic carbocycles. The number of rotatable bonds is 7. The number of benzene rings is 1. The van der Waals surface area contributed by atoms with Crippen molar-refractivity contribution >= 4 is 27.9 Å². The van der Waals surface area contributed by atoms with Crippen LogP contribution in [0.1, 0.15) is 37.7 Å². The number of urea groups is 1. The molecule has 2 unspecified atom stereocenters. The number of hydrogen-bond donors (Lipinski definition) is 3. The minimum Gasteiger partial charge on any atom is -0.356 e. The molecule has 2 fully saturated rings. The number of sulfonamides is 1. The van der Waals surface area contributed by atoms with Gasteiger partial charge in [0.25, 0.3) is 0 Å². The van der Waals surface area contributed by atoms with Crippen LogP contribution in [-0.2, 0) is 26.0 Å². The molecule has 0 bridgehead atoms. The van der Waals surface area contributed by atoms with Crippen molar-refractivity contribution in [3.05, 3.63) is 29.8 Å². The van der Waals surface area contributed by atoms with Gasteiger partial charge in [-0.3, -0.25) is 14.5 Å². The lowest BCUT2D eigenvalue weighted by Gasteiger charge is -2.39. The first kappa shape index (κ1) is 21.3. The van der Waals surface area contributed by atoms with E-state index >= 15 is 0 Å². The van der Waals surface area contributed by atoms with Crippen LogP contribution in [0.25, 0.3) is 0 Å². The second kappa shape index (κ2) is 8.91. The van der Waals surface area contributed by atoms with Crippen molar-refractivity contribution in [2.24, 2.45) is 11.1 Å². The van der Waals surface area contributed by atoms with Gasteiger partial charge in [0.1, 0.15) is 0 Å². The third-order valence-electron chi connectivity index (χ3n) is 5.45. The van der Waals surface area contributed by atoms with E-state index in [1.807, 2.05) is 0 Å². The van der Waals surface area contributed by atoms with Crippen molar-refractivity contribution in [3.8, 4) is 0 Å². The van der Waals surface area contributed by atoms with Crippen molar-refractivity contribution in [2.45, 2.75) is 49.5 Å². The van der Waals surface area contributed by atoms with E-state index < -0.39 is 16.1 Å². The molecule has 1 saturated heterocycles. The first-order valence-corrected chi connectivity index (χ1v) is 11.3. The van der Waals surface area contributed by atoms with Crippen LogP contribution in [0.4, 0.5) is 4.79 Å². The molecule has 3 rings (SSSR count). The molecule has 29 heavy (non-hydrogen) atoms. The summed E-state index contributed by atoms with van der Waals surface area (Å²) in [4.78, 5) is 38.0. The summed E-state index contributed by atoms with van der Waals surface area (Å²) in [6.45, 7) is 0.418. The highest BCUT2D eigenvalue weighted by molar-refractivity contribution is 7.89. The van der Waals surface area contributed by atoms with Crippen LogP contribution in [0.3, 0.4) is 0 Å². The van der Waals surface area contributed by atoms with E-state index in [0.717, 1.165) is 36.1 Å². The predicted octanol–water partition coefficient (Wildman–Crippen LogP) is 0.493. The monoisotopic (exact) mass is 422 g/mol. The molecule has 0 radical (unpaired) electrons. The van der Waals surface area contributed by atoms with Crippen molar-refractivity contribution in [1.82, 2.24) is 15.5 Å². The summed E-state index contributed by atoms with van der Waals surface area (Å²) < 4.78 is 22.5. The highest BCUT2D eigenvalue weighted by atomic mass is 32.2. The first-order valence-electron chi connectivity index (χ1n) is 9.76. The second-order valence-corrected chi connectivity index (χ2v) is 9.04. The number of imide groups is 1. The van der Waals surface area contributed by atoms with Gasteiger partial charge in [0.05, 0.1) is 10.8 Å². The Morgan fingerprint density at radius 2 is 1.86 bits per heavy atom. The maximum Gasteiger partial charge on any atom is 0.324 e. The van der Waals surface area contributed by atoms with Gasteiger partial charge >= 0.3 is 6.03 Å². The normalized spacial score (nSPS) is 22.0. The van der Waals surface area contributed by atoms with E-state index in [9.17, 15) is 22.8 Å². The van der Waals surface area contributed by atoms with Crippen LogP contribution in [0.2, 0.25) is 0 Å². The standard InChI is InChI=1S/C19H26N4O5S/c20-29(27,28)14-7-5-13(6-8-14)9-11-21-17(24)10-12-23-18(25)15-3-1-2-4-16(15)22-19(23)26/h5-8,15-16H,1-4,9-12H2,(H,21,24)(H,22,26)(H2,20,27,28). The lowest BCUT2D eigenvalue weighted by molar-refractivity contribution is -0.136. The Hall–Kier alpha value is -2.46. The third kappa shape index (κ3) is 5.33. The van der Waals surface area contributed by atoms with Gasteiger partial charge in [-0.2, -0.15) is 0 Å². The quantitative estimate of drug-likeness (QED) is 0.587. The molecule has 158 valence electrons. The van der Waals surface area contributed by atoms with Gasteiger partial charge in [-0.15, -0.1) is 0 Å². The molecule has 10 heteroatoms. The van der Waals surface area contributed by atoms with E-state index in [2.05, 4.69) is 10.6 Å². The van der Waals surface area contributed by atoms with E-state index in [1.165, 1.54) is 12.1 Å². The topological polar surface area (TPSA) is 139 Å². The summed E-state index contributed by atoms with van der Waals surface area (Å²) in [5.74, 6) is -0.608. The van der Waals surface area contributed by atoms with E-state index in [-0.39, 0.29) is 41.6 Å². The Kier molecular flexibility index (Phi) is 6.53. The number of carbonyl (C=O) groups excluding carboxylic acids is 3. The number of amides is 4. The van der Waals surface area contributed by atoms with Crippen LogP contribution in [0, 0.1) is 5.92 Å². The zero-order valence-electron chi connectivity index (χ0n) is 16.1. The maximum absolute atomic E-state index is 12.6. The molecular formula is C19H26N4O5S. The second-order valence-electron chi connectivity index (χ2n) is 7.48. The predicted molar refractivity (Wildman–Crippen MR) is 105 cm³/mol. The van der Waals surface area contributed by atoms with Gasteiger partial charge in [-0.1, -0.05) is 25.0 Å². The summed E-state index contributed by atoms with van der Waals surface area (Å²) >= 11 is 0. The van der Waals surface area contributed by atoms with Crippen molar-refractivity contribution in [2.75, 3.05) is 13.1 Å². The molecule has 2 aliphatic rings. The highest BCUT2D eigenvalue weighted by Crippen LogP contribution is 2.29. The van der Waals surface area contributed by atoms with Gasteiger partial charge < -0.3 is 10.6 Å². The summed E-state index contributed by atoms with van der Waals surface area (Å²) in [6.07, 6.45) is 4.16. The van der Waals surface area contributed by atoms with E-state index in [0.29, 0.717) is 13.0 Å². The first-order chi connectivity index (χ1) is 13.8. The molecular weight excluding hydrogens is 396 g/mol. The average molecular weight is 423 g/mol. The number of primary sulfonamides is 1. The lowest BCUT2D eigenvalue weighted by atomic mass is 9.82. The summed E-state index contributed by atoms with van der Waals surface area (Å²) in [7, 11) is -3.72. The molecule has 1 aliphatic heterocycles. The molecule has 1 aliphatic carbocycles. The fourth-order valence-electron chi connectivity index (χ4n) is 3.84. The number of nitrogens with two attached hydrogens (primary N) is 1. The third-order valence-corrected chi connectivity index (χ3v) is 6.38. The molecule has 1 aromatic rings.